The zero-order valence-corrected chi connectivity index (χ0v) is 19.2. The van der Waals surface area contributed by atoms with Crippen LogP contribution in [0.2, 0.25) is 0 Å². The van der Waals surface area contributed by atoms with E-state index in [0.29, 0.717) is 39.6 Å². The van der Waals surface area contributed by atoms with E-state index in [9.17, 15) is 14.4 Å². The summed E-state index contributed by atoms with van der Waals surface area (Å²) >= 11 is 0. The minimum atomic E-state index is -0.798. The molecule has 1 amide bonds. The Morgan fingerprint density at radius 3 is 2.50 bits per heavy atom. The number of fused-ring (bicyclic) bond motifs is 1. The fraction of sp³-hybridized carbons (Fsp3) is 0.435. The van der Waals surface area contributed by atoms with Gasteiger partial charge in [-0.05, 0) is 44.5 Å². The molecule has 0 N–H and O–H groups in total. The number of carbonyl (C=O) groups is 3. The second-order valence-corrected chi connectivity index (χ2v) is 7.58. The van der Waals surface area contributed by atoms with Gasteiger partial charge in [0.05, 0.1) is 19.8 Å². The summed E-state index contributed by atoms with van der Waals surface area (Å²) in [7, 11) is 4.53. The predicted molar refractivity (Wildman–Crippen MR) is 115 cm³/mol. The minimum absolute atomic E-state index is 0.102. The smallest absolute Gasteiger partial charge is 0.354 e. The Labute approximate surface area is 186 Å². The molecule has 1 atom stereocenters. The summed E-state index contributed by atoms with van der Waals surface area (Å²) in [6.07, 6.45) is 0. The third-order valence-electron chi connectivity index (χ3n) is 5.82. The molecule has 1 unspecified atom stereocenters. The fourth-order valence-corrected chi connectivity index (χ4v) is 3.93. The van der Waals surface area contributed by atoms with Crippen molar-refractivity contribution in [1.82, 2.24) is 9.47 Å². The van der Waals surface area contributed by atoms with Crippen molar-refractivity contribution in [2.75, 3.05) is 34.2 Å². The number of ketones is 1. The van der Waals surface area contributed by atoms with Crippen LogP contribution in [-0.4, -0.2) is 67.3 Å². The molecule has 0 spiro atoms. The van der Waals surface area contributed by atoms with Crippen LogP contribution in [-0.2, 0) is 16.5 Å². The number of amides is 1. The first-order valence-corrected chi connectivity index (χ1v) is 10.2. The van der Waals surface area contributed by atoms with E-state index in [0.717, 1.165) is 0 Å². The number of methoxy groups -OCH3 is 2. The minimum Gasteiger partial charge on any atom is -0.464 e. The van der Waals surface area contributed by atoms with Crippen LogP contribution in [0.3, 0.4) is 0 Å². The maximum atomic E-state index is 13.5. The van der Waals surface area contributed by atoms with E-state index in [-0.39, 0.29) is 31.6 Å². The molecule has 32 heavy (non-hydrogen) atoms. The third kappa shape index (κ3) is 4.08. The van der Waals surface area contributed by atoms with Crippen LogP contribution in [0.25, 0.3) is 0 Å². The highest BCUT2D eigenvalue weighted by Gasteiger charge is 2.33. The monoisotopic (exact) mass is 444 g/mol. The van der Waals surface area contributed by atoms with Crippen LogP contribution in [0.4, 0.5) is 0 Å². The second kappa shape index (κ2) is 9.44. The summed E-state index contributed by atoms with van der Waals surface area (Å²) in [5.74, 6) is -0.0666. The first-order valence-electron chi connectivity index (χ1n) is 10.2. The molecule has 9 nitrogen and oxygen atoms in total. The molecule has 9 heteroatoms. The van der Waals surface area contributed by atoms with E-state index in [1.807, 2.05) is 0 Å². The van der Waals surface area contributed by atoms with E-state index >= 15 is 0 Å². The average Bonchev–Trinajstić information content (AvgIpc) is 3.34. The number of nitrogens with zero attached hydrogens (tertiary/aromatic N) is 2. The van der Waals surface area contributed by atoms with Crippen LogP contribution in [0.15, 0.2) is 18.2 Å². The summed E-state index contributed by atoms with van der Waals surface area (Å²) in [6, 6.07) is 4.12. The van der Waals surface area contributed by atoms with Crippen molar-refractivity contribution in [2.24, 2.45) is 7.05 Å². The molecule has 3 rings (SSSR count). The van der Waals surface area contributed by atoms with Crippen molar-refractivity contribution in [1.29, 1.82) is 0 Å². The molecule has 1 aliphatic heterocycles. The predicted octanol–water partition coefficient (Wildman–Crippen LogP) is 2.52. The molecule has 172 valence electrons. The van der Waals surface area contributed by atoms with Gasteiger partial charge in [-0.1, -0.05) is 0 Å². The number of carbonyl (C=O) groups excluding carboxylic acids is 3. The van der Waals surface area contributed by atoms with E-state index in [1.54, 1.807) is 50.6 Å². The molecule has 0 aliphatic carbocycles. The number of hydrogen-bond donors (Lipinski definition) is 0. The number of hydrogen-bond acceptors (Lipinski definition) is 7. The number of benzene rings is 1. The van der Waals surface area contributed by atoms with E-state index in [1.165, 1.54) is 19.1 Å². The normalized spacial score (nSPS) is 13.1. The Hall–Kier alpha value is -3.33. The zero-order chi connectivity index (χ0) is 23.6. The molecule has 0 saturated heterocycles. The van der Waals surface area contributed by atoms with Crippen LogP contribution in [0.5, 0.6) is 11.5 Å². The highest BCUT2D eigenvalue weighted by atomic mass is 16.7. The van der Waals surface area contributed by atoms with Gasteiger partial charge in [0.1, 0.15) is 5.69 Å². The molecule has 0 bridgehead atoms. The number of Topliss-reactive ketones (excluding diaryl/α,β-unsaturated/α-hetero) is 1. The van der Waals surface area contributed by atoms with E-state index < -0.39 is 12.0 Å². The quantitative estimate of drug-likeness (QED) is 0.456. The lowest BCUT2D eigenvalue weighted by Gasteiger charge is -2.28. The Balaban J connectivity index is 1.96. The largest absolute Gasteiger partial charge is 0.464 e. The lowest BCUT2D eigenvalue weighted by Crippen LogP contribution is -2.45. The van der Waals surface area contributed by atoms with E-state index in [4.69, 9.17) is 18.9 Å². The van der Waals surface area contributed by atoms with Crippen molar-refractivity contribution >= 4 is 17.7 Å². The van der Waals surface area contributed by atoms with Crippen molar-refractivity contribution in [3.8, 4) is 11.5 Å². The number of aromatic nitrogens is 1. The molecule has 0 fully saturated rings. The Morgan fingerprint density at radius 2 is 1.84 bits per heavy atom. The molecule has 1 aromatic carbocycles. The van der Waals surface area contributed by atoms with Gasteiger partial charge in [0, 0.05) is 37.5 Å². The highest BCUT2D eigenvalue weighted by molar-refractivity contribution is 6.07. The van der Waals surface area contributed by atoms with Crippen LogP contribution >= 0.6 is 0 Å². The van der Waals surface area contributed by atoms with Crippen LogP contribution in [0.1, 0.15) is 49.4 Å². The van der Waals surface area contributed by atoms with Gasteiger partial charge in [-0.3, -0.25) is 9.59 Å². The summed E-state index contributed by atoms with van der Waals surface area (Å²) < 4.78 is 22.4. The fourth-order valence-electron chi connectivity index (χ4n) is 3.93. The van der Waals surface area contributed by atoms with Crippen molar-refractivity contribution < 1.29 is 33.3 Å². The number of ether oxygens (including phenoxy) is 4. The maximum Gasteiger partial charge on any atom is 0.354 e. The Morgan fingerprint density at radius 1 is 1.16 bits per heavy atom. The molecular weight excluding hydrogens is 416 g/mol. The average molecular weight is 444 g/mol. The summed E-state index contributed by atoms with van der Waals surface area (Å²) in [4.78, 5) is 40.6. The first kappa shape index (κ1) is 23.3. The number of esters is 1. The van der Waals surface area contributed by atoms with Crippen molar-refractivity contribution in [2.45, 2.75) is 26.8 Å². The Bertz CT molecular complexity index is 1060. The van der Waals surface area contributed by atoms with Crippen molar-refractivity contribution in [3.05, 3.63) is 46.3 Å². The van der Waals surface area contributed by atoms with Gasteiger partial charge >= 0.3 is 5.97 Å². The van der Waals surface area contributed by atoms with Gasteiger partial charge in [0.15, 0.2) is 17.3 Å². The zero-order valence-electron chi connectivity index (χ0n) is 19.2. The third-order valence-corrected chi connectivity index (χ3v) is 5.82. The standard InChI is InChI=1S/C23H28N2O7/c1-13-19(14(2)24(4)20(13)23(28)30-6)21(26)15(3)25(9-10-29-5)22(27)16-7-8-17-18(11-16)32-12-31-17/h7-8,11,15H,9-10,12H2,1-6H3. The Kier molecular flexibility index (Phi) is 6.88. The highest BCUT2D eigenvalue weighted by Crippen LogP contribution is 2.33. The lowest BCUT2D eigenvalue weighted by molar-refractivity contribution is 0.0562. The second-order valence-electron chi connectivity index (χ2n) is 7.58. The molecule has 2 heterocycles. The first-order chi connectivity index (χ1) is 15.2. The molecular formula is C23H28N2O7. The molecule has 1 aliphatic rings. The lowest BCUT2D eigenvalue weighted by atomic mass is 9.99. The van der Waals surface area contributed by atoms with Gasteiger partial charge in [-0.15, -0.1) is 0 Å². The SMILES string of the molecule is COCCN(C(=O)c1ccc2c(c1)OCO2)C(C)C(=O)c1c(C)c(C(=O)OC)n(C)c1C. The van der Waals surface area contributed by atoms with Gasteiger partial charge in [0.2, 0.25) is 6.79 Å². The molecule has 0 radical (unpaired) electrons. The van der Waals surface area contributed by atoms with Gasteiger partial charge in [-0.25, -0.2) is 4.79 Å². The topological polar surface area (TPSA) is 96.3 Å². The van der Waals surface area contributed by atoms with Gasteiger partial charge in [-0.2, -0.15) is 0 Å². The van der Waals surface area contributed by atoms with Crippen LogP contribution in [0, 0.1) is 13.8 Å². The molecule has 2 aromatic rings. The van der Waals surface area contributed by atoms with E-state index in [2.05, 4.69) is 0 Å². The van der Waals surface area contributed by atoms with Crippen LogP contribution < -0.4 is 9.47 Å². The van der Waals surface area contributed by atoms with Gasteiger partial charge in [0.25, 0.3) is 5.91 Å². The van der Waals surface area contributed by atoms with Gasteiger partial charge < -0.3 is 28.4 Å². The molecule has 1 aromatic heterocycles. The summed E-state index contributed by atoms with van der Waals surface area (Å²) in [6.45, 7) is 5.72. The summed E-state index contributed by atoms with van der Waals surface area (Å²) in [5.41, 5.74) is 2.24. The summed E-state index contributed by atoms with van der Waals surface area (Å²) in [5, 5.41) is 0. The molecule has 0 saturated carbocycles. The number of rotatable bonds is 8. The maximum absolute atomic E-state index is 13.5. The van der Waals surface area contributed by atoms with Crippen molar-refractivity contribution in [3.63, 3.8) is 0 Å².